The maximum absolute atomic E-state index is 12.7. The molecule has 136 valence electrons. The van der Waals surface area contributed by atoms with Gasteiger partial charge in [-0.15, -0.1) is 0 Å². The van der Waals surface area contributed by atoms with Gasteiger partial charge in [0.1, 0.15) is 0 Å². The molecule has 0 spiro atoms. The standard InChI is InChI=1S/C19H33N3O2/c1-15-6-5-7-16(2)22(15)18(23)14-20-12-8-17(9-13-20)19(24)21-10-3-4-11-21/h15-17H,3-14H2,1-2H3. The van der Waals surface area contributed by atoms with Gasteiger partial charge in [-0.3, -0.25) is 14.5 Å². The van der Waals surface area contributed by atoms with Crippen LogP contribution in [0.3, 0.4) is 0 Å². The minimum absolute atomic E-state index is 0.183. The van der Waals surface area contributed by atoms with E-state index in [9.17, 15) is 9.59 Å². The molecule has 3 rings (SSSR count). The van der Waals surface area contributed by atoms with Crippen LogP contribution in [0.5, 0.6) is 0 Å². The third kappa shape index (κ3) is 3.93. The van der Waals surface area contributed by atoms with Crippen LogP contribution >= 0.6 is 0 Å². The fourth-order valence-corrected chi connectivity index (χ4v) is 4.72. The molecule has 3 aliphatic rings. The molecule has 5 heteroatoms. The molecule has 5 nitrogen and oxygen atoms in total. The molecular formula is C19H33N3O2. The quantitative estimate of drug-likeness (QED) is 0.793. The van der Waals surface area contributed by atoms with Crippen LogP contribution in [0.2, 0.25) is 0 Å². The Morgan fingerprint density at radius 2 is 1.42 bits per heavy atom. The molecule has 0 radical (unpaired) electrons. The monoisotopic (exact) mass is 335 g/mol. The average Bonchev–Trinajstić information content (AvgIpc) is 3.09. The van der Waals surface area contributed by atoms with Crippen molar-refractivity contribution in [3.8, 4) is 0 Å². The summed E-state index contributed by atoms with van der Waals surface area (Å²) in [7, 11) is 0. The molecule has 0 bridgehead atoms. The van der Waals surface area contributed by atoms with Crippen LogP contribution in [0, 0.1) is 5.92 Å². The van der Waals surface area contributed by atoms with Gasteiger partial charge in [-0.2, -0.15) is 0 Å². The van der Waals surface area contributed by atoms with Crippen LogP contribution < -0.4 is 0 Å². The summed E-state index contributed by atoms with van der Waals surface area (Å²) in [6, 6.07) is 0.742. The Kier molecular flexibility index (Phi) is 5.80. The molecule has 3 fully saturated rings. The van der Waals surface area contributed by atoms with Gasteiger partial charge in [0.15, 0.2) is 0 Å². The van der Waals surface area contributed by atoms with E-state index in [0.29, 0.717) is 24.5 Å². The number of hydrogen-bond donors (Lipinski definition) is 0. The highest BCUT2D eigenvalue weighted by Gasteiger charge is 2.33. The van der Waals surface area contributed by atoms with Gasteiger partial charge in [0.05, 0.1) is 6.54 Å². The van der Waals surface area contributed by atoms with E-state index >= 15 is 0 Å². The molecule has 3 saturated heterocycles. The molecule has 0 aromatic rings. The Labute approximate surface area is 146 Å². The van der Waals surface area contributed by atoms with Crippen LogP contribution in [-0.4, -0.2) is 71.3 Å². The van der Waals surface area contributed by atoms with E-state index in [2.05, 4.69) is 23.6 Å². The fraction of sp³-hybridized carbons (Fsp3) is 0.895. The Bertz CT molecular complexity index is 444. The zero-order valence-electron chi connectivity index (χ0n) is 15.4. The van der Waals surface area contributed by atoms with Crippen LogP contribution in [0.4, 0.5) is 0 Å². The molecule has 0 aliphatic carbocycles. The predicted octanol–water partition coefficient (Wildman–Crippen LogP) is 2.11. The van der Waals surface area contributed by atoms with E-state index in [1.807, 2.05) is 4.90 Å². The lowest BCUT2D eigenvalue weighted by molar-refractivity contribution is -0.139. The number of piperidine rings is 2. The first kappa shape index (κ1) is 17.7. The van der Waals surface area contributed by atoms with Crippen molar-refractivity contribution in [2.24, 2.45) is 5.92 Å². The third-order valence-electron chi connectivity index (χ3n) is 6.19. The van der Waals surface area contributed by atoms with Gasteiger partial charge in [0.25, 0.3) is 0 Å². The smallest absolute Gasteiger partial charge is 0.237 e. The predicted molar refractivity (Wildman–Crippen MR) is 94.6 cm³/mol. The molecule has 2 amide bonds. The van der Waals surface area contributed by atoms with Crippen molar-refractivity contribution >= 4 is 11.8 Å². The summed E-state index contributed by atoms with van der Waals surface area (Å²) in [6.07, 6.45) is 7.62. The Balaban J connectivity index is 1.46. The van der Waals surface area contributed by atoms with E-state index in [0.717, 1.165) is 64.7 Å². The number of hydrogen-bond acceptors (Lipinski definition) is 3. The van der Waals surface area contributed by atoms with Gasteiger partial charge >= 0.3 is 0 Å². The van der Waals surface area contributed by atoms with Crippen molar-refractivity contribution in [2.45, 2.75) is 70.9 Å². The summed E-state index contributed by atoms with van der Waals surface area (Å²) < 4.78 is 0. The lowest BCUT2D eigenvalue weighted by Crippen LogP contribution is -2.52. The molecule has 0 aromatic carbocycles. The first-order chi connectivity index (χ1) is 11.6. The SMILES string of the molecule is CC1CCCC(C)N1C(=O)CN1CCC(C(=O)N2CCCC2)CC1. The number of likely N-dealkylation sites (tertiary alicyclic amines) is 3. The Morgan fingerprint density at radius 3 is 2.00 bits per heavy atom. The van der Waals surface area contributed by atoms with Gasteiger partial charge in [-0.25, -0.2) is 0 Å². The third-order valence-corrected chi connectivity index (χ3v) is 6.19. The van der Waals surface area contributed by atoms with Crippen LogP contribution in [0.25, 0.3) is 0 Å². The molecule has 0 saturated carbocycles. The molecule has 0 aromatic heterocycles. The summed E-state index contributed by atoms with van der Waals surface area (Å²) in [5.41, 5.74) is 0. The van der Waals surface area contributed by atoms with E-state index in [1.165, 1.54) is 6.42 Å². The summed E-state index contributed by atoms with van der Waals surface area (Å²) in [6.45, 7) is 8.53. The summed E-state index contributed by atoms with van der Waals surface area (Å²) in [4.78, 5) is 31.6. The number of rotatable bonds is 3. The van der Waals surface area contributed by atoms with Crippen molar-refractivity contribution in [1.82, 2.24) is 14.7 Å². The Hall–Kier alpha value is -1.10. The van der Waals surface area contributed by atoms with Gasteiger partial charge in [0.2, 0.25) is 11.8 Å². The van der Waals surface area contributed by atoms with E-state index in [4.69, 9.17) is 0 Å². The molecule has 2 atom stereocenters. The van der Waals surface area contributed by atoms with Crippen molar-refractivity contribution in [2.75, 3.05) is 32.7 Å². The minimum Gasteiger partial charge on any atom is -0.342 e. The second kappa shape index (κ2) is 7.85. The normalized spacial score (nSPS) is 29.9. The van der Waals surface area contributed by atoms with E-state index in [1.54, 1.807) is 0 Å². The second-order valence-corrected chi connectivity index (χ2v) is 8.01. The van der Waals surface area contributed by atoms with Crippen molar-refractivity contribution in [3.63, 3.8) is 0 Å². The number of amides is 2. The lowest BCUT2D eigenvalue weighted by Gasteiger charge is -2.41. The highest BCUT2D eigenvalue weighted by molar-refractivity contribution is 5.80. The molecule has 3 aliphatic heterocycles. The van der Waals surface area contributed by atoms with Crippen LogP contribution in [-0.2, 0) is 9.59 Å². The van der Waals surface area contributed by atoms with Gasteiger partial charge in [0, 0.05) is 31.1 Å². The molecule has 0 N–H and O–H groups in total. The number of carbonyl (C=O) groups is 2. The average molecular weight is 335 g/mol. The zero-order valence-corrected chi connectivity index (χ0v) is 15.4. The van der Waals surface area contributed by atoms with Gasteiger partial charge in [-0.05, 0) is 71.9 Å². The van der Waals surface area contributed by atoms with E-state index in [-0.39, 0.29) is 11.8 Å². The maximum atomic E-state index is 12.7. The van der Waals surface area contributed by atoms with Crippen molar-refractivity contribution in [1.29, 1.82) is 0 Å². The largest absolute Gasteiger partial charge is 0.342 e. The minimum atomic E-state index is 0.183. The summed E-state index contributed by atoms with van der Waals surface area (Å²) in [5, 5.41) is 0. The lowest BCUT2D eigenvalue weighted by atomic mass is 9.95. The topological polar surface area (TPSA) is 43.9 Å². The molecular weight excluding hydrogens is 302 g/mol. The van der Waals surface area contributed by atoms with Crippen LogP contribution in [0.1, 0.15) is 58.8 Å². The fourth-order valence-electron chi connectivity index (χ4n) is 4.72. The molecule has 2 unspecified atom stereocenters. The molecule has 24 heavy (non-hydrogen) atoms. The zero-order chi connectivity index (χ0) is 17.1. The Morgan fingerprint density at radius 1 is 0.833 bits per heavy atom. The highest BCUT2D eigenvalue weighted by Crippen LogP contribution is 2.25. The van der Waals surface area contributed by atoms with E-state index < -0.39 is 0 Å². The van der Waals surface area contributed by atoms with Gasteiger partial charge < -0.3 is 9.80 Å². The summed E-state index contributed by atoms with van der Waals surface area (Å²) in [5.74, 6) is 0.818. The first-order valence-corrected chi connectivity index (χ1v) is 9.88. The van der Waals surface area contributed by atoms with Crippen molar-refractivity contribution < 1.29 is 9.59 Å². The first-order valence-electron chi connectivity index (χ1n) is 9.88. The second-order valence-electron chi connectivity index (χ2n) is 8.01. The highest BCUT2D eigenvalue weighted by atomic mass is 16.2. The maximum Gasteiger partial charge on any atom is 0.237 e. The summed E-state index contributed by atoms with van der Waals surface area (Å²) >= 11 is 0. The van der Waals surface area contributed by atoms with Crippen LogP contribution in [0.15, 0.2) is 0 Å². The number of nitrogens with zero attached hydrogens (tertiary/aromatic N) is 3. The van der Waals surface area contributed by atoms with Gasteiger partial charge in [-0.1, -0.05) is 0 Å². The molecule has 3 heterocycles. The number of carbonyl (C=O) groups excluding carboxylic acids is 2. The van der Waals surface area contributed by atoms with Crippen molar-refractivity contribution in [3.05, 3.63) is 0 Å².